The second-order valence-electron chi connectivity index (χ2n) is 10.4. The van der Waals surface area contributed by atoms with Crippen LogP contribution in [0.2, 0.25) is 5.02 Å². The molecule has 2 aliphatic heterocycles. The SMILES string of the molecule is COc1ccc(C(=O)NCCO)cc1-c1nc2c3n1C(C)=C1C(=CC=C(Cl)C1C)C3N(c1cc(Cl)ccc1C)C(=O)N2. The van der Waals surface area contributed by atoms with E-state index in [0.29, 0.717) is 44.3 Å². The number of urea groups is 1. The van der Waals surface area contributed by atoms with Gasteiger partial charge < -0.3 is 15.2 Å². The zero-order valence-electron chi connectivity index (χ0n) is 23.5. The Labute approximate surface area is 253 Å². The Hall–Kier alpha value is -4.05. The average molecular weight is 607 g/mol. The summed E-state index contributed by atoms with van der Waals surface area (Å²) in [4.78, 5) is 33.4. The van der Waals surface area contributed by atoms with E-state index in [1.807, 2.05) is 43.6 Å². The van der Waals surface area contributed by atoms with Crippen molar-refractivity contribution in [1.82, 2.24) is 14.9 Å². The van der Waals surface area contributed by atoms with Gasteiger partial charge in [-0.2, -0.15) is 0 Å². The van der Waals surface area contributed by atoms with Gasteiger partial charge in [-0.3, -0.25) is 19.6 Å². The lowest BCUT2D eigenvalue weighted by Crippen LogP contribution is -2.46. The summed E-state index contributed by atoms with van der Waals surface area (Å²) < 4.78 is 7.74. The van der Waals surface area contributed by atoms with E-state index < -0.39 is 6.04 Å². The van der Waals surface area contributed by atoms with Crippen molar-refractivity contribution in [2.24, 2.45) is 5.92 Å². The van der Waals surface area contributed by atoms with Crippen molar-refractivity contribution in [2.45, 2.75) is 26.8 Å². The van der Waals surface area contributed by atoms with Crippen LogP contribution in [0, 0.1) is 12.8 Å². The lowest BCUT2D eigenvalue weighted by Gasteiger charge is -2.43. The molecule has 2 unspecified atom stereocenters. The van der Waals surface area contributed by atoms with Gasteiger partial charge in [0, 0.05) is 33.8 Å². The molecule has 1 aromatic heterocycles. The molecular formula is C31H29Cl2N5O4. The van der Waals surface area contributed by atoms with Crippen molar-refractivity contribution < 1.29 is 19.4 Å². The van der Waals surface area contributed by atoms with Crippen LogP contribution in [0.5, 0.6) is 5.75 Å². The summed E-state index contributed by atoms with van der Waals surface area (Å²) in [5.41, 5.74) is 6.12. The number of nitrogens with one attached hydrogen (secondary N) is 2. The van der Waals surface area contributed by atoms with E-state index in [1.165, 1.54) is 0 Å². The number of nitrogens with zero attached hydrogens (tertiary/aromatic N) is 3. The molecule has 0 radical (unpaired) electrons. The maximum atomic E-state index is 13.9. The number of hydrogen-bond donors (Lipinski definition) is 3. The molecule has 3 N–H and O–H groups in total. The minimum Gasteiger partial charge on any atom is -0.496 e. The van der Waals surface area contributed by atoms with E-state index in [4.69, 9.17) is 32.9 Å². The van der Waals surface area contributed by atoms with Gasteiger partial charge in [-0.25, -0.2) is 9.78 Å². The fourth-order valence-electron chi connectivity index (χ4n) is 6.04. The number of amides is 3. The summed E-state index contributed by atoms with van der Waals surface area (Å²) in [7, 11) is 1.55. The van der Waals surface area contributed by atoms with E-state index >= 15 is 0 Å². The van der Waals surface area contributed by atoms with Crippen LogP contribution in [0.25, 0.3) is 17.1 Å². The van der Waals surface area contributed by atoms with Gasteiger partial charge in [0.05, 0.1) is 30.7 Å². The standard InChI is InChI=1S/C31H29Cl2N5O4/c1-15-5-7-19(32)14-23(15)38-26-20-8-9-22(33)16(2)25(20)17(3)37-27(26)28(36-31(38)41)35-29(37)21-13-18(6-10-24(21)42-4)30(40)34-11-12-39/h5-10,13-14,16,26,39H,11-12H2,1-4H3,(H,34,40)(H,36,41). The number of ether oxygens (including phenoxy) is 1. The summed E-state index contributed by atoms with van der Waals surface area (Å²) in [6, 6.07) is 9.68. The largest absolute Gasteiger partial charge is 0.496 e. The monoisotopic (exact) mass is 605 g/mol. The number of aliphatic hydroxyl groups is 1. The molecule has 9 nitrogen and oxygen atoms in total. The summed E-state index contributed by atoms with van der Waals surface area (Å²) in [5.74, 6) is 0.955. The number of anilines is 2. The molecule has 0 saturated heterocycles. The predicted molar refractivity (Wildman–Crippen MR) is 164 cm³/mol. The lowest BCUT2D eigenvalue weighted by molar-refractivity contribution is 0.0944. The van der Waals surface area contributed by atoms with Crippen LogP contribution in [0.3, 0.4) is 0 Å². The Bertz CT molecular complexity index is 1760. The fourth-order valence-corrected chi connectivity index (χ4v) is 6.38. The Morgan fingerprint density at radius 2 is 1.95 bits per heavy atom. The van der Waals surface area contributed by atoms with E-state index in [0.717, 1.165) is 28.1 Å². The zero-order valence-corrected chi connectivity index (χ0v) is 25.0. The normalized spacial score (nSPS) is 19.0. The van der Waals surface area contributed by atoms with Crippen molar-refractivity contribution in [1.29, 1.82) is 0 Å². The number of hydrogen-bond acceptors (Lipinski definition) is 5. The number of fused-ring (bicyclic) bond motifs is 2. The van der Waals surface area contributed by atoms with Gasteiger partial charge in [0.1, 0.15) is 11.8 Å². The molecule has 2 atom stereocenters. The minimum absolute atomic E-state index is 0.127. The molecule has 0 bridgehead atoms. The van der Waals surface area contributed by atoms with Crippen LogP contribution in [-0.2, 0) is 0 Å². The first-order valence-corrected chi connectivity index (χ1v) is 14.3. The highest BCUT2D eigenvalue weighted by atomic mass is 35.5. The van der Waals surface area contributed by atoms with Crippen LogP contribution in [0.4, 0.5) is 16.3 Å². The van der Waals surface area contributed by atoms with Crippen molar-refractivity contribution in [3.05, 3.63) is 86.6 Å². The first kappa shape index (κ1) is 28.1. The molecule has 6 rings (SSSR count). The maximum absolute atomic E-state index is 13.9. The second kappa shape index (κ2) is 10.7. The maximum Gasteiger partial charge on any atom is 0.328 e. The predicted octanol–water partition coefficient (Wildman–Crippen LogP) is 6.28. The van der Waals surface area contributed by atoms with Gasteiger partial charge in [0.15, 0.2) is 11.6 Å². The number of benzene rings is 2. The van der Waals surface area contributed by atoms with Crippen LogP contribution in [-0.4, -0.2) is 46.9 Å². The third kappa shape index (κ3) is 4.31. The number of halogens is 2. The third-order valence-electron chi connectivity index (χ3n) is 8.00. The van der Waals surface area contributed by atoms with Crippen LogP contribution in [0.15, 0.2) is 64.7 Å². The van der Waals surface area contributed by atoms with Crippen LogP contribution < -0.4 is 20.3 Å². The number of allylic oxidation sites excluding steroid dienone is 4. The van der Waals surface area contributed by atoms with E-state index in [9.17, 15) is 14.7 Å². The summed E-state index contributed by atoms with van der Waals surface area (Å²) in [5, 5.41) is 16.1. The number of aliphatic hydroxyl groups excluding tert-OH is 1. The molecule has 0 spiro atoms. The second-order valence-corrected chi connectivity index (χ2v) is 11.3. The molecule has 0 saturated carbocycles. The number of methoxy groups -OCH3 is 1. The first-order chi connectivity index (χ1) is 20.2. The molecule has 3 aliphatic rings. The highest BCUT2D eigenvalue weighted by molar-refractivity contribution is 6.31. The van der Waals surface area contributed by atoms with Crippen LogP contribution in [0.1, 0.15) is 41.5 Å². The van der Waals surface area contributed by atoms with Gasteiger partial charge in [-0.05, 0) is 67.0 Å². The Morgan fingerprint density at radius 1 is 1.17 bits per heavy atom. The molecule has 0 fully saturated rings. The number of aryl methyl sites for hydroxylation is 1. The molecular weight excluding hydrogens is 577 g/mol. The number of carbonyl (C=O) groups is 2. The highest BCUT2D eigenvalue weighted by Gasteiger charge is 2.47. The van der Waals surface area contributed by atoms with Gasteiger partial charge in [-0.15, -0.1) is 0 Å². The molecule has 1 aliphatic carbocycles. The minimum atomic E-state index is -0.531. The van der Waals surface area contributed by atoms with Gasteiger partial charge in [-0.1, -0.05) is 42.3 Å². The molecule has 216 valence electrons. The highest BCUT2D eigenvalue weighted by Crippen LogP contribution is 2.54. The summed E-state index contributed by atoms with van der Waals surface area (Å²) in [6.07, 6.45) is 3.86. The Kier molecular flexibility index (Phi) is 7.12. The summed E-state index contributed by atoms with van der Waals surface area (Å²) >= 11 is 13.1. The molecule has 3 heterocycles. The van der Waals surface area contributed by atoms with Crippen molar-refractivity contribution in [2.75, 3.05) is 30.5 Å². The molecule has 2 aromatic carbocycles. The first-order valence-electron chi connectivity index (χ1n) is 13.5. The fraction of sp³-hybridized carbons (Fsp3) is 0.258. The number of carbonyl (C=O) groups excluding carboxylic acids is 2. The molecule has 3 aromatic rings. The van der Waals surface area contributed by atoms with E-state index in [1.54, 1.807) is 42.3 Å². The van der Waals surface area contributed by atoms with Crippen molar-refractivity contribution in [3.63, 3.8) is 0 Å². The molecule has 11 heteroatoms. The zero-order chi connectivity index (χ0) is 29.9. The quantitative estimate of drug-likeness (QED) is 0.306. The summed E-state index contributed by atoms with van der Waals surface area (Å²) in [6.45, 7) is 5.94. The molecule has 42 heavy (non-hydrogen) atoms. The lowest BCUT2D eigenvalue weighted by atomic mass is 9.79. The topological polar surface area (TPSA) is 109 Å². The van der Waals surface area contributed by atoms with Gasteiger partial charge in [0.25, 0.3) is 5.91 Å². The average Bonchev–Trinajstić information content (AvgIpc) is 3.36. The smallest absolute Gasteiger partial charge is 0.328 e. The van der Waals surface area contributed by atoms with Gasteiger partial charge >= 0.3 is 6.03 Å². The van der Waals surface area contributed by atoms with E-state index in [2.05, 4.69) is 10.6 Å². The number of rotatable bonds is 6. The number of aromatic nitrogens is 2. The third-order valence-corrected chi connectivity index (χ3v) is 8.69. The van der Waals surface area contributed by atoms with E-state index in [-0.39, 0.29) is 31.0 Å². The number of imidazole rings is 1. The Morgan fingerprint density at radius 3 is 2.69 bits per heavy atom. The van der Waals surface area contributed by atoms with Crippen molar-refractivity contribution >= 4 is 52.3 Å². The Balaban J connectivity index is 1.63. The molecule has 3 amide bonds. The van der Waals surface area contributed by atoms with Crippen molar-refractivity contribution in [3.8, 4) is 17.1 Å². The van der Waals surface area contributed by atoms with Gasteiger partial charge in [0.2, 0.25) is 0 Å². The van der Waals surface area contributed by atoms with Crippen LogP contribution >= 0.6 is 23.2 Å².